The van der Waals surface area contributed by atoms with E-state index in [1.807, 2.05) is 0 Å². The van der Waals surface area contributed by atoms with Crippen molar-refractivity contribution in [3.63, 3.8) is 0 Å². The smallest absolute Gasteiger partial charge is 0.0171 e. The second kappa shape index (κ2) is 10.3. The average Bonchev–Trinajstić information content (AvgIpc) is 3.34. The molecule has 8 aromatic rings. The van der Waals surface area contributed by atoms with Crippen LogP contribution in [0.1, 0.15) is 36.1 Å². The zero-order valence-electron chi connectivity index (χ0n) is 27.4. The molecule has 0 N–H and O–H groups in total. The minimum Gasteiger partial charge on any atom is -0.0620 e. The molecular formula is C47H36. The normalized spacial score (nSPS) is 13.3. The van der Waals surface area contributed by atoms with E-state index >= 15 is 0 Å². The summed E-state index contributed by atoms with van der Waals surface area (Å²) in [6.07, 6.45) is 0. The minimum atomic E-state index is -0.164. The summed E-state index contributed by atoms with van der Waals surface area (Å²) in [6, 6.07) is 54.3. The Morgan fingerprint density at radius 3 is 1.60 bits per heavy atom. The van der Waals surface area contributed by atoms with Gasteiger partial charge in [-0.2, -0.15) is 0 Å². The maximum Gasteiger partial charge on any atom is 0.0171 e. The lowest BCUT2D eigenvalue weighted by Gasteiger charge is -2.27. The van der Waals surface area contributed by atoms with Crippen LogP contribution < -0.4 is 0 Å². The molecule has 0 aliphatic heterocycles. The molecule has 0 spiro atoms. The zero-order valence-corrected chi connectivity index (χ0v) is 27.4. The minimum absolute atomic E-state index is 0.164. The van der Waals surface area contributed by atoms with Gasteiger partial charge in [-0.15, -0.1) is 0 Å². The third-order valence-corrected chi connectivity index (χ3v) is 10.7. The summed E-state index contributed by atoms with van der Waals surface area (Å²) in [6.45, 7) is 9.28. The van der Waals surface area contributed by atoms with E-state index in [9.17, 15) is 0 Å². The molecular weight excluding hydrogens is 565 g/mol. The van der Waals surface area contributed by atoms with E-state index in [2.05, 4.69) is 173 Å². The molecule has 0 nitrogen and oxygen atoms in total. The van der Waals surface area contributed by atoms with Gasteiger partial charge in [0.2, 0.25) is 0 Å². The molecule has 0 unspecified atom stereocenters. The molecule has 0 aromatic heterocycles. The van der Waals surface area contributed by atoms with Crippen LogP contribution in [0.5, 0.6) is 0 Å². The molecule has 0 saturated heterocycles. The highest BCUT2D eigenvalue weighted by atomic mass is 14.4. The van der Waals surface area contributed by atoms with Crippen molar-refractivity contribution < 1.29 is 0 Å². The van der Waals surface area contributed by atoms with E-state index in [1.165, 1.54) is 99.1 Å². The van der Waals surface area contributed by atoms with Crippen LogP contribution in [0.15, 0.2) is 146 Å². The first-order chi connectivity index (χ1) is 22.9. The molecule has 1 aliphatic rings. The van der Waals surface area contributed by atoms with Crippen molar-refractivity contribution in [2.45, 2.75) is 33.1 Å². The lowest BCUT2D eigenvalue weighted by atomic mass is 9.75. The zero-order chi connectivity index (χ0) is 31.9. The van der Waals surface area contributed by atoms with Crippen LogP contribution in [0.25, 0.3) is 76.8 Å². The molecule has 8 aromatic carbocycles. The average molecular weight is 601 g/mol. The van der Waals surface area contributed by atoms with Gasteiger partial charge in [0.15, 0.2) is 0 Å². The Bertz CT molecular complexity index is 2500. The van der Waals surface area contributed by atoms with Crippen molar-refractivity contribution in [2.75, 3.05) is 0 Å². The Morgan fingerprint density at radius 1 is 0.362 bits per heavy atom. The van der Waals surface area contributed by atoms with E-state index < -0.39 is 0 Å². The van der Waals surface area contributed by atoms with Gasteiger partial charge in [0.1, 0.15) is 0 Å². The first kappa shape index (κ1) is 27.8. The van der Waals surface area contributed by atoms with E-state index in [0.29, 0.717) is 0 Å². The molecule has 0 radical (unpaired) electrons. The summed E-state index contributed by atoms with van der Waals surface area (Å²) in [5.41, 5.74) is 15.8. The molecule has 47 heavy (non-hydrogen) atoms. The molecule has 224 valence electrons. The highest BCUT2D eigenvalue weighted by molar-refractivity contribution is 6.22. The fraction of sp³-hybridized carbons (Fsp3) is 0.106. The first-order valence-electron chi connectivity index (χ1n) is 16.7. The molecule has 0 fully saturated rings. The van der Waals surface area contributed by atoms with E-state index in [-0.39, 0.29) is 5.41 Å². The SMILES string of the molecule is Cc1ccccc1-c1cc(-c2c3ccccc3c(-c3cccc4c3C(C)(C)c3c-4ccc4ccccc34)c3ccccc23)ccc1C. The highest BCUT2D eigenvalue weighted by Gasteiger charge is 2.39. The number of benzene rings is 8. The van der Waals surface area contributed by atoms with Gasteiger partial charge in [-0.1, -0.05) is 153 Å². The van der Waals surface area contributed by atoms with Crippen molar-refractivity contribution >= 4 is 32.3 Å². The van der Waals surface area contributed by atoms with Gasteiger partial charge < -0.3 is 0 Å². The largest absolute Gasteiger partial charge is 0.0620 e. The Morgan fingerprint density at radius 2 is 0.894 bits per heavy atom. The van der Waals surface area contributed by atoms with Gasteiger partial charge in [0.25, 0.3) is 0 Å². The number of hydrogen-bond donors (Lipinski definition) is 0. The van der Waals surface area contributed by atoms with Gasteiger partial charge >= 0.3 is 0 Å². The number of aryl methyl sites for hydroxylation is 2. The lowest BCUT2D eigenvalue weighted by molar-refractivity contribution is 0.668. The third-order valence-electron chi connectivity index (χ3n) is 10.7. The van der Waals surface area contributed by atoms with Crippen LogP contribution in [0.3, 0.4) is 0 Å². The second-order valence-electron chi connectivity index (χ2n) is 13.7. The molecule has 0 saturated carbocycles. The van der Waals surface area contributed by atoms with Crippen molar-refractivity contribution in [2.24, 2.45) is 0 Å². The Balaban J connectivity index is 1.36. The first-order valence-corrected chi connectivity index (χ1v) is 16.7. The second-order valence-corrected chi connectivity index (χ2v) is 13.7. The van der Waals surface area contributed by atoms with Crippen LogP contribution in [0.2, 0.25) is 0 Å². The van der Waals surface area contributed by atoms with Gasteiger partial charge in [0.05, 0.1) is 0 Å². The van der Waals surface area contributed by atoms with Gasteiger partial charge in [-0.25, -0.2) is 0 Å². The molecule has 0 heteroatoms. The number of rotatable bonds is 3. The monoisotopic (exact) mass is 600 g/mol. The summed E-state index contributed by atoms with van der Waals surface area (Å²) in [5, 5.41) is 7.82. The van der Waals surface area contributed by atoms with Crippen LogP contribution in [0, 0.1) is 13.8 Å². The molecule has 0 bridgehead atoms. The van der Waals surface area contributed by atoms with Gasteiger partial charge in [-0.05, 0) is 119 Å². The topological polar surface area (TPSA) is 0 Å². The Hall–Kier alpha value is -5.46. The summed E-state index contributed by atoms with van der Waals surface area (Å²) < 4.78 is 0. The summed E-state index contributed by atoms with van der Waals surface area (Å²) in [4.78, 5) is 0. The van der Waals surface area contributed by atoms with Crippen molar-refractivity contribution in [3.05, 3.63) is 168 Å². The van der Waals surface area contributed by atoms with E-state index in [0.717, 1.165) is 0 Å². The fourth-order valence-corrected chi connectivity index (χ4v) is 8.63. The maximum atomic E-state index is 2.42. The standard InChI is InChI=1S/C47H36/c1-29-14-5-7-16-33(29)42-28-32(25-24-30(42)2)43-35-18-9-11-20-37(35)44(38-21-12-10-19-36(38)43)41-23-13-22-39-40-27-26-31-15-6-8-17-34(31)45(40)47(3,4)46(39)41/h5-28H,1-4H3. The Kier molecular flexibility index (Phi) is 6.08. The molecule has 0 heterocycles. The van der Waals surface area contributed by atoms with Crippen LogP contribution >= 0.6 is 0 Å². The number of fused-ring (bicyclic) bond motifs is 7. The molecule has 1 aliphatic carbocycles. The quantitative estimate of drug-likeness (QED) is 0.177. The van der Waals surface area contributed by atoms with Gasteiger partial charge in [-0.3, -0.25) is 0 Å². The van der Waals surface area contributed by atoms with E-state index in [1.54, 1.807) is 0 Å². The highest BCUT2D eigenvalue weighted by Crippen LogP contribution is 2.56. The van der Waals surface area contributed by atoms with Crippen LogP contribution in [0.4, 0.5) is 0 Å². The van der Waals surface area contributed by atoms with Crippen LogP contribution in [-0.4, -0.2) is 0 Å². The third kappa shape index (κ3) is 4.01. The summed E-state index contributed by atoms with van der Waals surface area (Å²) in [7, 11) is 0. The number of hydrogen-bond acceptors (Lipinski definition) is 0. The van der Waals surface area contributed by atoms with Crippen molar-refractivity contribution in [3.8, 4) is 44.5 Å². The fourth-order valence-electron chi connectivity index (χ4n) is 8.63. The van der Waals surface area contributed by atoms with Crippen LogP contribution in [-0.2, 0) is 5.41 Å². The predicted molar refractivity (Wildman–Crippen MR) is 202 cm³/mol. The molecule has 0 atom stereocenters. The summed E-state index contributed by atoms with van der Waals surface area (Å²) >= 11 is 0. The van der Waals surface area contributed by atoms with Crippen molar-refractivity contribution in [1.82, 2.24) is 0 Å². The van der Waals surface area contributed by atoms with Crippen molar-refractivity contribution in [1.29, 1.82) is 0 Å². The molecule has 9 rings (SSSR count). The predicted octanol–water partition coefficient (Wildman–Crippen LogP) is 13.1. The summed E-state index contributed by atoms with van der Waals surface area (Å²) in [5.74, 6) is 0. The van der Waals surface area contributed by atoms with E-state index in [4.69, 9.17) is 0 Å². The maximum absolute atomic E-state index is 2.42. The Labute approximate surface area is 277 Å². The van der Waals surface area contributed by atoms with Gasteiger partial charge in [0, 0.05) is 5.41 Å². The lowest BCUT2D eigenvalue weighted by Crippen LogP contribution is -2.17. The molecule has 0 amide bonds.